The normalized spacial score (nSPS) is 10.3. The van der Waals surface area contributed by atoms with Gasteiger partial charge < -0.3 is 4.90 Å². The lowest BCUT2D eigenvalue weighted by Crippen LogP contribution is -2.26. The highest BCUT2D eigenvalue weighted by atomic mass is 32.1. The Morgan fingerprint density at radius 2 is 1.62 bits per heavy atom. The zero-order chi connectivity index (χ0) is 11.4. The second-order valence-corrected chi connectivity index (χ2v) is 5.60. The van der Waals surface area contributed by atoms with E-state index in [2.05, 4.69) is 12.1 Å². The Bertz CT molecular complexity index is 397. The predicted molar refractivity (Wildman–Crippen MR) is 68.6 cm³/mol. The van der Waals surface area contributed by atoms with Gasteiger partial charge in [0.25, 0.3) is 0 Å². The third-order valence-electron chi connectivity index (χ3n) is 2.30. The molecule has 16 heavy (non-hydrogen) atoms. The van der Waals surface area contributed by atoms with Gasteiger partial charge in [-0.15, -0.1) is 22.7 Å². The number of hydrogen-bond donors (Lipinski definition) is 0. The fourth-order valence-electron chi connectivity index (χ4n) is 1.46. The first-order chi connectivity index (χ1) is 7.75. The Morgan fingerprint density at radius 3 is 1.94 bits per heavy atom. The molecule has 2 heterocycles. The second-order valence-electron chi connectivity index (χ2n) is 3.53. The molecule has 0 spiro atoms. The van der Waals surface area contributed by atoms with Crippen LogP contribution < -0.4 is 0 Å². The van der Waals surface area contributed by atoms with E-state index in [1.807, 2.05) is 27.8 Å². The summed E-state index contributed by atoms with van der Waals surface area (Å²) in [6.07, 6.45) is 0. The van der Waals surface area contributed by atoms with E-state index in [-0.39, 0.29) is 5.91 Å². The number of carbonyl (C=O) groups is 1. The molecule has 2 rings (SSSR count). The summed E-state index contributed by atoms with van der Waals surface area (Å²) >= 11 is 3.38. The molecule has 0 radical (unpaired) electrons. The third kappa shape index (κ3) is 2.93. The molecule has 0 saturated carbocycles. The highest BCUT2D eigenvalue weighted by molar-refractivity contribution is 7.10. The lowest BCUT2D eigenvalue weighted by Gasteiger charge is -2.19. The maximum Gasteiger partial charge on any atom is 0.220 e. The summed E-state index contributed by atoms with van der Waals surface area (Å²) in [5, 5.41) is 4.08. The average Bonchev–Trinajstić information content (AvgIpc) is 2.88. The van der Waals surface area contributed by atoms with Crippen LogP contribution in [0.3, 0.4) is 0 Å². The maximum absolute atomic E-state index is 11.5. The molecule has 84 valence electrons. The molecule has 0 fully saturated rings. The molecule has 0 aliphatic rings. The van der Waals surface area contributed by atoms with Gasteiger partial charge in [-0.1, -0.05) is 12.1 Å². The van der Waals surface area contributed by atoms with Crippen LogP contribution in [0.1, 0.15) is 16.7 Å². The van der Waals surface area contributed by atoms with E-state index in [1.165, 1.54) is 9.75 Å². The minimum atomic E-state index is 0.127. The molecule has 0 aromatic carbocycles. The maximum atomic E-state index is 11.5. The summed E-state index contributed by atoms with van der Waals surface area (Å²) in [5.74, 6) is 0.127. The Kier molecular flexibility index (Phi) is 3.74. The number of amides is 1. The van der Waals surface area contributed by atoms with Crippen LogP contribution in [0.4, 0.5) is 0 Å². The molecule has 0 N–H and O–H groups in total. The van der Waals surface area contributed by atoms with Crippen molar-refractivity contribution >= 4 is 28.6 Å². The van der Waals surface area contributed by atoms with E-state index < -0.39 is 0 Å². The van der Waals surface area contributed by atoms with E-state index in [9.17, 15) is 4.79 Å². The zero-order valence-electron chi connectivity index (χ0n) is 9.05. The predicted octanol–water partition coefficient (Wildman–Crippen LogP) is 3.36. The number of thiophene rings is 2. The van der Waals surface area contributed by atoms with Gasteiger partial charge in [0.2, 0.25) is 5.91 Å². The summed E-state index contributed by atoms with van der Waals surface area (Å²) in [6.45, 7) is 3.05. The quantitative estimate of drug-likeness (QED) is 0.816. The van der Waals surface area contributed by atoms with Crippen molar-refractivity contribution in [3.05, 3.63) is 44.8 Å². The van der Waals surface area contributed by atoms with Crippen LogP contribution in [0.5, 0.6) is 0 Å². The lowest BCUT2D eigenvalue weighted by molar-refractivity contribution is -0.129. The van der Waals surface area contributed by atoms with Crippen molar-refractivity contribution in [1.82, 2.24) is 4.90 Å². The summed E-state index contributed by atoms with van der Waals surface area (Å²) in [4.78, 5) is 15.9. The molecule has 4 heteroatoms. The van der Waals surface area contributed by atoms with Gasteiger partial charge in [-0.25, -0.2) is 0 Å². The Balaban J connectivity index is 2.03. The smallest absolute Gasteiger partial charge is 0.220 e. The number of carbonyl (C=O) groups excluding carboxylic acids is 1. The van der Waals surface area contributed by atoms with Gasteiger partial charge in [-0.3, -0.25) is 4.79 Å². The minimum absolute atomic E-state index is 0.127. The highest BCUT2D eigenvalue weighted by Crippen LogP contribution is 2.16. The van der Waals surface area contributed by atoms with Crippen molar-refractivity contribution in [2.24, 2.45) is 0 Å². The molecule has 1 amide bonds. The molecule has 2 aromatic rings. The van der Waals surface area contributed by atoms with Crippen molar-refractivity contribution in [3.63, 3.8) is 0 Å². The van der Waals surface area contributed by atoms with Crippen LogP contribution in [-0.2, 0) is 17.9 Å². The van der Waals surface area contributed by atoms with Gasteiger partial charge in [-0.2, -0.15) is 0 Å². The second kappa shape index (κ2) is 5.27. The van der Waals surface area contributed by atoms with Crippen molar-refractivity contribution < 1.29 is 4.79 Å². The SMILES string of the molecule is CC(=O)N(Cc1cccs1)Cc1cccs1. The van der Waals surface area contributed by atoms with Crippen molar-refractivity contribution in [2.45, 2.75) is 20.0 Å². The zero-order valence-corrected chi connectivity index (χ0v) is 10.7. The third-order valence-corrected chi connectivity index (χ3v) is 4.02. The monoisotopic (exact) mass is 251 g/mol. The van der Waals surface area contributed by atoms with E-state index in [4.69, 9.17) is 0 Å². The van der Waals surface area contributed by atoms with E-state index in [1.54, 1.807) is 29.6 Å². The van der Waals surface area contributed by atoms with Crippen LogP contribution in [0.15, 0.2) is 35.0 Å². The molecule has 0 bridgehead atoms. The first kappa shape index (κ1) is 11.4. The molecule has 0 saturated heterocycles. The first-order valence-corrected chi connectivity index (χ1v) is 6.82. The number of hydrogen-bond acceptors (Lipinski definition) is 3. The van der Waals surface area contributed by atoms with Gasteiger partial charge in [0.1, 0.15) is 0 Å². The average molecular weight is 251 g/mol. The molecular formula is C12H13NOS2. The molecule has 2 nitrogen and oxygen atoms in total. The molecule has 0 aliphatic heterocycles. The lowest BCUT2D eigenvalue weighted by atomic mass is 10.3. The van der Waals surface area contributed by atoms with Crippen molar-refractivity contribution in [1.29, 1.82) is 0 Å². The molecular weight excluding hydrogens is 238 g/mol. The van der Waals surface area contributed by atoms with Crippen LogP contribution in [0, 0.1) is 0 Å². The van der Waals surface area contributed by atoms with Gasteiger partial charge in [0.15, 0.2) is 0 Å². The number of nitrogens with zero attached hydrogens (tertiary/aromatic N) is 1. The first-order valence-electron chi connectivity index (χ1n) is 5.06. The summed E-state index contributed by atoms with van der Waals surface area (Å²) in [5.41, 5.74) is 0. The fourth-order valence-corrected chi connectivity index (χ4v) is 2.90. The summed E-state index contributed by atoms with van der Waals surface area (Å²) < 4.78 is 0. The Morgan fingerprint density at radius 1 is 1.12 bits per heavy atom. The topological polar surface area (TPSA) is 20.3 Å². The standard InChI is InChI=1S/C12H13NOS2/c1-10(14)13(8-11-4-2-6-15-11)9-12-5-3-7-16-12/h2-7H,8-9H2,1H3. The Hall–Kier alpha value is -1.13. The fraction of sp³-hybridized carbons (Fsp3) is 0.250. The van der Waals surface area contributed by atoms with Crippen LogP contribution in [0.25, 0.3) is 0 Å². The van der Waals surface area contributed by atoms with E-state index in [0.717, 1.165) is 0 Å². The minimum Gasteiger partial charge on any atom is -0.333 e. The van der Waals surface area contributed by atoms with Gasteiger partial charge in [-0.05, 0) is 22.9 Å². The summed E-state index contributed by atoms with van der Waals surface area (Å²) in [6, 6.07) is 8.16. The Labute approximate surface area is 103 Å². The van der Waals surface area contributed by atoms with Crippen LogP contribution in [0.2, 0.25) is 0 Å². The van der Waals surface area contributed by atoms with Crippen LogP contribution in [-0.4, -0.2) is 10.8 Å². The van der Waals surface area contributed by atoms with Gasteiger partial charge in [0.05, 0.1) is 13.1 Å². The summed E-state index contributed by atoms with van der Waals surface area (Å²) in [7, 11) is 0. The number of rotatable bonds is 4. The molecule has 0 aliphatic carbocycles. The van der Waals surface area contributed by atoms with Gasteiger partial charge >= 0.3 is 0 Å². The largest absolute Gasteiger partial charge is 0.333 e. The molecule has 0 unspecified atom stereocenters. The van der Waals surface area contributed by atoms with E-state index >= 15 is 0 Å². The van der Waals surface area contributed by atoms with Crippen molar-refractivity contribution in [2.75, 3.05) is 0 Å². The van der Waals surface area contributed by atoms with Crippen LogP contribution >= 0.6 is 22.7 Å². The molecule has 0 atom stereocenters. The highest BCUT2D eigenvalue weighted by Gasteiger charge is 2.11. The van der Waals surface area contributed by atoms with E-state index in [0.29, 0.717) is 13.1 Å². The van der Waals surface area contributed by atoms with Gasteiger partial charge in [0, 0.05) is 16.7 Å². The van der Waals surface area contributed by atoms with Crippen molar-refractivity contribution in [3.8, 4) is 0 Å². The molecule has 2 aromatic heterocycles.